The molecule has 0 fully saturated rings. The van der Waals surface area contributed by atoms with E-state index in [0.29, 0.717) is 11.3 Å². The summed E-state index contributed by atoms with van der Waals surface area (Å²) in [6.07, 6.45) is -0.208. The van der Waals surface area contributed by atoms with Crippen LogP contribution in [0.5, 0.6) is 5.75 Å². The molecule has 4 heteroatoms. The van der Waals surface area contributed by atoms with Crippen LogP contribution in [0.4, 0.5) is 0 Å². The SMILES string of the molecule is CC1(CC(=O)O)COc2ccccc2C1=O. The van der Waals surface area contributed by atoms with Gasteiger partial charge in [0.05, 0.1) is 17.4 Å². The van der Waals surface area contributed by atoms with Crippen LogP contribution in [-0.2, 0) is 4.79 Å². The van der Waals surface area contributed by atoms with Gasteiger partial charge < -0.3 is 9.84 Å². The first-order valence-corrected chi connectivity index (χ1v) is 5.01. The highest BCUT2D eigenvalue weighted by molar-refractivity contribution is 6.04. The molecule has 1 aliphatic rings. The van der Waals surface area contributed by atoms with E-state index in [1.807, 2.05) is 0 Å². The zero-order valence-corrected chi connectivity index (χ0v) is 8.90. The van der Waals surface area contributed by atoms with Crippen molar-refractivity contribution in [1.82, 2.24) is 0 Å². The van der Waals surface area contributed by atoms with Gasteiger partial charge >= 0.3 is 5.97 Å². The van der Waals surface area contributed by atoms with Gasteiger partial charge in [0.15, 0.2) is 5.78 Å². The molecule has 1 N–H and O–H groups in total. The molecule has 4 nitrogen and oxygen atoms in total. The van der Waals surface area contributed by atoms with Gasteiger partial charge in [-0.15, -0.1) is 0 Å². The summed E-state index contributed by atoms with van der Waals surface area (Å²) in [4.78, 5) is 22.9. The summed E-state index contributed by atoms with van der Waals surface area (Å²) in [5, 5.41) is 8.79. The minimum Gasteiger partial charge on any atom is -0.492 e. The number of hydrogen-bond acceptors (Lipinski definition) is 3. The van der Waals surface area contributed by atoms with Gasteiger partial charge in [0, 0.05) is 0 Å². The summed E-state index contributed by atoms with van der Waals surface area (Å²) in [6.45, 7) is 1.74. The van der Waals surface area contributed by atoms with Crippen molar-refractivity contribution < 1.29 is 19.4 Å². The van der Waals surface area contributed by atoms with Crippen LogP contribution in [0.1, 0.15) is 23.7 Å². The van der Waals surface area contributed by atoms with Gasteiger partial charge in [0.2, 0.25) is 0 Å². The van der Waals surface area contributed by atoms with Crippen molar-refractivity contribution in [1.29, 1.82) is 0 Å². The van der Waals surface area contributed by atoms with E-state index < -0.39 is 11.4 Å². The second kappa shape index (κ2) is 3.63. The summed E-state index contributed by atoms with van der Waals surface area (Å²) in [6, 6.07) is 6.91. The third kappa shape index (κ3) is 1.66. The maximum Gasteiger partial charge on any atom is 0.304 e. The lowest BCUT2D eigenvalue weighted by molar-refractivity contribution is -0.139. The van der Waals surface area contributed by atoms with Crippen molar-refractivity contribution in [3.05, 3.63) is 29.8 Å². The third-order valence-electron chi connectivity index (χ3n) is 2.77. The van der Waals surface area contributed by atoms with Crippen molar-refractivity contribution in [2.75, 3.05) is 6.61 Å². The van der Waals surface area contributed by atoms with E-state index >= 15 is 0 Å². The van der Waals surface area contributed by atoms with Crippen LogP contribution in [-0.4, -0.2) is 23.5 Å². The number of hydrogen-bond donors (Lipinski definition) is 1. The number of carbonyl (C=O) groups is 2. The molecule has 1 atom stereocenters. The van der Waals surface area contributed by atoms with E-state index in [1.54, 1.807) is 31.2 Å². The smallest absolute Gasteiger partial charge is 0.304 e. The van der Waals surface area contributed by atoms with Gasteiger partial charge in [0.1, 0.15) is 12.4 Å². The Morgan fingerprint density at radius 3 is 2.88 bits per heavy atom. The largest absolute Gasteiger partial charge is 0.492 e. The van der Waals surface area contributed by atoms with E-state index in [2.05, 4.69) is 0 Å². The van der Waals surface area contributed by atoms with Gasteiger partial charge in [-0.25, -0.2) is 0 Å². The van der Waals surface area contributed by atoms with Crippen LogP contribution >= 0.6 is 0 Å². The zero-order chi connectivity index (χ0) is 11.8. The fraction of sp³-hybridized carbons (Fsp3) is 0.333. The Morgan fingerprint density at radius 2 is 2.19 bits per heavy atom. The lowest BCUT2D eigenvalue weighted by Crippen LogP contribution is -2.40. The Kier molecular flexibility index (Phi) is 2.42. The van der Waals surface area contributed by atoms with Gasteiger partial charge in [-0.3, -0.25) is 9.59 Å². The van der Waals surface area contributed by atoms with Crippen molar-refractivity contribution >= 4 is 11.8 Å². The first-order valence-electron chi connectivity index (χ1n) is 5.01. The van der Waals surface area contributed by atoms with E-state index in [4.69, 9.17) is 9.84 Å². The van der Waals surface area contributed by atoms with Crippen molar-refractivity contribution in [3.8, 4) is 5.75 Å². The Bertz CT molecular complexity index is 452. The molecule has 1 aromatic rings. The number of para-hydroxylation sites is 1. The quantitative estimate of drug-likeness (QED) is 0.824. The van der Waals surface area contributed by atoms with Gasteiger partial charge in [-0.05, 0) is 19.1 Å². The van der Waals surface area contributed by atoms with Crippen molar-refractivity contribution in [3.63, 3.8) is 0 Å². The number of benzene rings is 1. The lowest BCUT2D eigenvalue weighted by Gasteiger charge is -2.31. The number of carboxylic acid groups (broad SMARTS) is 1. The highest BCUT2D eigenvalue weighted by Gasteiger charge is 2.41. The molecule has 2 rings (SSSR count). The molecule has 0 aliphatic carbocycles. The number of fused-ring (bicyclic) bond motifs is 1. The van der Waals surface area contributed by atoms with Crippen molar-refractivity contribution in [2.24, 2.45) is 5.41 Å². The van der Waals surface area contributed by atoms with Crippen LogP contribution in [0.2, 0.25) is 0 Å². The summed E-state index contributed by atoms with van der Waals surface area (Å²) < 4.78 is 5.43. The summed E-state index contributed by atoms with van der Waals surface area (Å²) in [7, 11) is 0. The van der Waals surface area contributed by atoms with Crippen LogP contribution in [0.3, 0.4) is 0 Å². The van der Waals surface area contributed by atoms with Crippen LogP contribution in [0.15, 0.2) is 24.3 Å². The molecule has 0 radical (unpaired) electrons. The highest BCUT2D eigenvalue weighted by Crippen LogP contribution is 2.36. The fourth-order valence-electron chi connectivity index (χ4n) is 1.87. The summed E-state index contributed by atoms with van der Waals surface area (Å²) >= 11 is 0. The molecule has 84 valence electrons. The topological polar surface area (TPSA) is 63.6 Å². The number of aliphatic carboxylic acids is 1. The fourth-order valence-corrected chi connectivity index (χ4v) is 1.87. The molecule has 1 aromatic carbocycles. The number of ketones is 1. The zero-order valence-electron chi connectivity index (χ0n) is 8.90. The van der Waals surface area contributed by atoms with Crippen molar-refractivity contribution in [2.45, 2.75) is 13.3 Å². The normalized spacial score (nSPS) is 23.4. The number of ether oxygens (including phenoxy) is 1. The molecule has 1 unspecified atom stereocenters. The summed E-state index contributed by atoms with van der Waals surface area (Å²) in [5.41, 5.74) is -0.488. The first-order chi connectivity index (χ1) is 7.53. The minimum absolute atomic E-state index is 0.120. The van der Waals surface area contributed by atoms with E-state index in [-0.39, 0.29) is 18.8 Å². The standard InChI is InChI=1S/C12H12O4/c1-12(6-10(13)14)7-16-9-5-3-2-4-8(9)11(12)15/h2-5H,6-7H2,1H3,(H,13,14). The Morgan fingerprint density at radius 1 is 1.50 bits per heavy atom. The number of carboxylic acids is 1. The van der Waals surface area contributed by atoms with Crippen LogP contribution in [0.25, 0.3) is 0 Å². The predicted octanol–water partition coefficient (Wildman–Crippen LogP) is 1.74. The second-order valence-electron chi connectivity index (χ2n) is 4.25. The number of carbonyl (C=O) groups excluding carboxylic acids is 1. The monoisotopic (exact) mass is 220 g/mol. The van der Waals surface area contributed by atoms with E-state index in [0.717, 1.165) is 0 Å². The highest BCUT2D eigenvalue weighted by atomic mass is 16.5. The van der Waals surface area contributed by atoms with E-state index in [9.17, 15) is 9.59 Å². The van der Waals surface area contributed by atoms with Crippen LogP contribution in [0, 0.1) is 5.41 Å². The third-order valence-corrected chi connectivity index (χ3v) is 2.77. The molecule has 16 heavy (non-hydrogen) atoms. The maximum absolute atomic E-state index is 12.1. The first kappa shape index (κ1) is 10.7. The van der Waals surface area contributed by atoms with Gasteiger partial charge in [0.25, 0.3) is 0 Å². The number of rotatable bonds is 2. The Hall–Kier alpha value is -1.84. The molecule has 0 spiro atoms. The Labute approximate surface area is 92.8 Å². The molecule has 0 amide bonds. The average molecular weight is 220 g/mol. The van der Waals surface area contributed by atoms with Crippen LogP contribution < -0.4 is 4.74 Å². The Balaban J connectivity index is 2.37. The predicted molar refractivity (Wildman–Crippen MR) is 56.6 cm³/mol. The molecule has 0 aromatic heterocycles. The molecule has 0 saturated carbocycles. The van der Waals surface area contributed by atoms with Gasteiger partial charge in [-0.2, -0.15) is 0 Å². The average Bonchev–Trinajstić information content (AvgIpc) is 2.24. The second-order valence-corrected chi connectivity index (χ2v) is 4.25. The summed E-state index contributed by atoms with van der Waals surface area (Å²) in [5.74, 6) is -0.606. The lowest BCUT2D eigenvalue weighted by atomic mass is 9.78. The molecular weight excluding hydrogens is 208 g/mol. The molecule has 1 heterocycles. The molecule has 0 bridgehead atoms. The number of Topliss-reactive ketones (excluding diaryl/α,β-unsaturated/α-hetero) is 1. The van der Waals surface area contributed by atoms with Gasteiger partial charge in [-0.1, -0.05) is 12.1 Å². The maximum atomic E-state index is 12.1. The molecular formula is C12H12O4. The molecule has 1 aliphatic heterocycles. The van der Waals surface area contributed by atoms with E-state index in [1.165, 1.54) is 0 Å². The molecule has 0 saturated heterocycles. The minimum atomic E-state index is -0.987.